The molecule has 0 aliphatic rings. The van der Waals surface area contributed by atoms with E-state index in [1.807, 2.05) is 0 Å². The molecule has 0 heterocycles. The molecule has 28 heavy (non-hydrogen) atoms. The van der Waals surface area contributed by atoms with E-state index in [9.17, 15) is 18.1 Å². The van der Waals surface area contributed by atoms with Gasteiger partial charge in [-0.1, -0.05) is 81.0 Å². The number of para-hydroxylation sites is 1. The van der Waals surface area contributed by atoms with E-state index in [2.05, 4.69) is 6.92 Å². The summed E-state index contributed by atoms with van der Waals surface area (Å²) in [5, 5.41) is 12.6. The summed E-state index contributed by atoms with van der Waals surface area (Å²) in [5.41, 5.74) is 0.386. The van der Waals surface area contributed by atoms with E-state index in [0.29, 0.717) is 17.7 Å². The normalized spacial score (nSPS) is 11.1. The van der Waals surface area contributed by atoms with Crippen molar-refractivity contribution >= 4 is 10.1 Å². The fourth-order valence-corrected chi connectivity index (χ4v) is 3.72. The molecule has 0 spiro atoms. The Balaban J connectivity index is 0.00000392. The Kier molecular flexibility index (Phi) is 11.2. The predicted octanol–water partition coefficient (Wildman–Crippen LogP) is 2.10. The van der Waals surface area contributed by atoms with E-state index in [4.69, 9.17) is 4.74 Å². The molecule has 5 nitrogen and oxygen atoms in total. The Bertz CT molecular complexity index is 822. The van der Waals surface area contributed by atoms with Crippen LogP contribution in [0, 0.1) is 0 Å². The minimum Gasteiger partial charge on any atom is -0.871 e. The van der Waals surface area contributed by atoms with Crippen molar-refractivity contribution in [3.05, 3.63) is 48.0 Å². The molecule has 0 unspecified atom stereocenters. The summed E-state index contributed by atoms with van der Waals surface area (Å²) in [5.74, 6) is -0.449. The number of aryl methyl sites for hydroxylation is 1. The SMILES string of the molecule is CCCCCCCCCc1ccc(Oc2ccccc2)c(S(=O)(=O)O)c1[O-].[Na+]. The van der Waals surface area contributed by atoms with E-state index in [0.717, 1.165) is 19.3 Å². The first-order valence-electron chi connectivity index (χ1n) is 9.46. The minimum absolute atomic E-state index is 0. The van der Waals surface area contributed by atoms with Gasteiger partial charge in [0, 0.05) is 0 Å². The van der Waals surface area contributed by atoms with Gasteiger partial charge in [-0.05, 0) is 31.0 Å². The van der Waals surface area contributed by atoms with Gasteiger partial charge in [0.05, 0.1) is 0 Å². The predicted molar refractivity (Wildman–Crippen MR) is 104 cm³/mol. The van der Waals surface area contributed by atoms with Gasteiger partial charge in [0.15, 0.2) is 0 Å². The van der Waals surface area contributed by atoms with E-state index >= 15 is 0 Å². The van der Waals surface area contributed by atoms with Gasteiger partial charge in [-0.3, -0.25) is 4.55 Å². The van der Waals surface area contributed by atoms with Crippen LogP contribution in [-0.4, -0.2) is 13.0 Å². The largest absolute Gasteiger partial charge is 1.00 e. The molecule has 0 bridgehead atoms. The zero-order chi connectivity index (χ0) is 19.7. The smallest absolute Gasteiger partial charge is 0.871 e. The van der Waals surface area contributed by atoms with Crippen molar-refractivity contribution in [2.75, 3.05) is 0 Å². The summed E-state index contributed by atoms with van der Waals surface area (Å²) in [6, 6.07) is 11.6. The molecule has 0 amide bonds. The Morgan fingerprint density at radius 2 is 1.54 bits per heavy atom. The Hall–Kier alpha value is -1.05. The van der Waals surface area contributed by atoms with Gasteiger partial charge in [-0.2, -0.15) is 8.42 Å². The molecule has 2 rings (SSSR count). The fourth-order valence-electron chi connectivity index (χ4n) is 2.99. The van der Waals surface area contributed by atoms with Crippen LogP contribution in [0.25, 0.3) is 0 Å². The van der Waals surface area contributed by atoms with Crippen LogP contribution in [0.4, 0.5) is 0 Å². The number of hydrogen-bond acceptors (Lipinski definition) is 4. The van der Waals surface area contributed by atoms with Crippen LogP contribution in [-0.2, 0) is 16.5 Å². The molecule has 0 aliphatic carbocycles. The van der Waals surface area contributed by atoms with Crippen LogP contribution in [0.1, 0.15) is 57.4 Å². The zero-order valence-electron chi connectivity index (χ0n) is 16.7. The molecule has 2 aromatic rings. The summed E-state index contributed by atoms with van der Waals surface area (Å²) in [4.78, 5) is -0.688. The molecule has 0 aromatic heterocycles. The monoisotopic (exact) mass is 414 g/mol. The Morgan fingerprint density at radius 1 is 0.929 bits per heavy atom. The molecule has 0 radical (unpaired) electrons. The molecule has 1 N–H and O–H groups in total. The third-order valence-corrected chi connectivity index (χ3v) is 5.34. The second-order valence-electron chi connectivity index (χ2n) is 6.64. The van der Waals surface area contributed by atoms with Gasteiger partial charge in [0.25, 0.3) is 10.1 Å². The van der Waals surface area contributed by atoms with Gasteiger partial charge in [0.2, 0.25) is 0 Å². The topological polar surface area (TPSA) is 86.7 Å². The van der Waals surface area contributed by atoms with E-state index in [1.165, 1.54) is 31.7 Å². The molecule has 7 heteroatoms. The number of ether oxygens (including phenoxy) is 1. The number of hydrogen-bond donors (Lipinski definition) is 1. The average molecular weight is 414 g/mol. The first kappa shape index (κ1) is 25.0. The van der Waals surface area contributed by atoms with E-state index in [-0.39, 0.29) is 35.3 Å². The molecule has 0 aliphatic heterocycles. The second kappa shape index (κ2) is 12.5. The van der Waals surface area contributed by atoms with Crippen LogP contribution in [0.5, 0.6) is 17.2 Å². The molecule has 0 fully saturated rings. The first-order chi connectivity index (χ1) is 12.9. The van der Waals surface area contributed by atoms with E-state index in [1.54, 1.807) is 36.4 Å². The summed E-state index contributed by atoms with van der Waals surface area (Å²) >= 11 is 0. The fraction of sp³-hybridized carbons (Fsp3) is 0.429. The first-order valence-corrected chi connectivity index (χ1v) is 10.9. The quantitative estimate of drug-likeness (QED) is 0.346. The number of unbranched alkanes of at least 4 members (excludes halogenated alkanes) is 6. The van der Waals surface area contributed by atoms with Crippen LogP contribution >= 0.6 is 0 Å². The van der Waals surface area contributed by atoms with Crippen molar-refractivity contribution in [3.63, 3.8) is 0 Å². The second-order valence-corrected chi connectivity index (χ2v) is 8.00. The Morgan fingerprint density at radius 3 is 2.14 bits per heavy atom. The van der Waals surface area contributed by atoms with Crippen molar-refractivity contribution in [2.24, 2.45) is 0 Å². The zero-order valence-corrected chi connectivity index (χ0v) is 19.5. The molecule has 0 saturated carbocycles. The maximum Gasteiger partial charge on any atom is 1.00 e. The molecule has 2 aromatic carbocycles. The number of benzene rings is 2. The number of rotatable bonds is 11. The van der Waals surface area contributed by atoms with Crippen molar-refractivity contribution < 1.29 is 52.4 Å². The van der Waals surface area contributed by atoms with Gasteiger partial charge in [-0.25, -0.2) is 0 Å². The maximum atomic E-state index is 12.6. The average Bonchev–Trinajstić information content (AvgIpc) is 2.62. The van der Waals surface area contributed by atoms with Crippen molar-refractivity contribution in [1.82, 2.24) is 0 Å². The maximum absolute atomic E-state index is 12.6. The molecule has 0 atom stereocenters. The van der Waals surface area contributed by atoms with Gasteiger partial charge in [-0.15, -0.1) is 0 Å². The van der Waals surface area contributed by atoms with Gasteiger partial charge >= 0.3 is 29.6 Å². The van der Waals surface area contributed by atoms with Crippen LogP contribution in [0.15, 0.2) is 47.4 Å². The molecular weight excluding hydrogens is 387 g/mol. The molecule has 148 valence electrons. The van der Waals surface area contributed by atoms with Gasteiger partial charge < -0.3 is 9.84 Å². The van der Waals surface area contributed by atoms with Crippen molar-refractivity contribution in [2.45, 2.75) is 63.2 Å². The van der Waals surface area contributed by atoms with E-state index < -0.39 is 20.8 Å². The molecule has 0 saturated heterocycles. The summed E-state index contributed by atoms with van der Waals surface area (Å²) in [6.45, 7) is 2.17. The standard InChI is InChI=1S/C21H28O5S.Na/c1-2-3-4-5-6-7-9-12-17-15-16-19(21(20(17)22)27(23,24)25)26-18-13-10-8-11-14-18;/h8,10-11,13-16,22H,2-7,9,12H2,1H3,(H,23,24,25);/q;+1/p-1. The van der Waals surface area contributed by atoms with Crippen LogP contribution < -0.4 is 39.4 Å². The van der Waals surface area contributed by atoms with Crippen molar-refractivity contribution in [3.8, 4) is 17.2 Å². The summed E-state index contributed by atoms with van der Waals surface area (Å²) in [6.07, 6.45) is 8.24. The molecular formula is C21H27NaO5S. The third-order valence-electron chi connectivity index (χ3n) is 4.44. The summed E-state index contributed by atoms with van der Waals surface area (Å²) < 4.78 is 38.6. The Labute approximate surface area is 190 Å². The van der Waals surface area contributed by atoms with Crippen LogP contribution in [0.2, 0.25) is 0 Å². The summed E-state index contributed by atoms with van der Waals surface area (Å²) in [7, 11) is -4.69. The minimum atomic E-state index is -4.69. The van der Waals surface area contributed by atoms with Crippen LogP contribution in [0.3, 0.4) is 0 Å². The van der Waals surface area contributed by atoms with Crippen molar-refractivity contribution in [1.29, 1.82) is 0 Å². The third kappa shape index (κ3) is 7.76. The van der Waals surface area contributed by atoms with Gasteiger partial charge in [0.1, 0.15) is 16.4 Å².